The first-order valence-electron chi connectivity index (χ1n) is 5.98. The summed E-state index contributed by atoms with van der Waals surface area (Å²) in [5.41, 5.74) is 0.378. The van der Waals surface area contributed by atoms with Crippen LogP contribution in [0.25, 0.3) is 0 Å². The van der Waals surface area contributed by atoms with Crippen molar-refractivity contribution in [2.45, 2.75) is 33.0 Å². The van der Waals surface area contributed by atoms with Crippen molar-refractivity contribution in [1.82, 2.24) is 10.3 Å². The molecule has 2 atom stereocenters. The number of nitrogens with zero attached hydrogens (tertiary/aromatic N) is 1. The third-order valence-corrected chi connectivity index (χ3v) is 3.65. The summed E-state index contributed by atoms with van der Waals surface area (Å²) in [6.07, 6.45) is 0.363. The molecule has 0 aliphatic rings. The summed E-state index contributed by atoms with van der Waals surface area (Å²) in [6.45, 7) is 4.63. The minimum Gasteiger partial charge on any atom is -0.391 e. The number of carbonyl (C=O) groups excluding carboxylic acids is 1. The Morgan fingerprint density at radius 1 is 1.67 bits per heavy atom. The molecule has 5 nitrogen and oxygen atoms in total. The van der Waals surface area contributed by atoms with Crippen LogP contribution < -0.4 is 5.32 Å². The highest BCUT2D eigenvalue weighted by atomic mass is 32.1. The van der Waals surface area contributed by atoms with Gasteiger partial charge in [0.15, 0.2) is 0 Å². The average molecular weight is 272 g/mol. The highest BCUT2D eigenvalue weighted by molar-refractivity contribution is 7.09. The molecule has 2 N–H and O–H groups in total. The maximum absolute atomic E-state index is 11.8. The fourth-order valence-corrected chi connectivity index (χ4v) is 2.11. The lowest BCUT2D eigenvalue weighted by Gasteiger charge is -2.17. The largest absolute Gasteiger partial charge is 0.391 e. The van der Waals surface area contributed by atoms with Crippen molar-refractivity contribution >= 4 is 17.2 Å². The third-order valence-electron chi connectivity index (χ3n) is 2.82. The second-order valence-corrected chi connectivity index (χ2v) is 5.17. The van der Waals surface area contributed by atoms with Crippen LogP contribution in [-0.4, -0.2) is 35.8 Å². The molecule has 1 aromatic rings. The standard InChI is InChI=1S/C12H20N2O3S/c1-4-8(2)10(15)5-13-12(16)9-7-18-11(14-9)6-17-3/h7-8,10,15H,4-6H2,1-3H3,(H,13,16). The van der Waals surface area contributed by atoms with Crippen LogP contribution in [0.4, 0.5) is 0 Å². The normalized spacial score (nSPS) is 14.2. The zero-order valence-corrected chi connectivity index (χ0v) is 11.8. The maximum atomic E-state index is 11.8. The van der Waals surface area contributed by atoms with Crippen LogP contribution in [-0.2, 0) is 11.3 Å². The predicted octanol–water partition coefficient (Wildman–Crippen LogP) is 1.43. The Morgan fingerprint density at radius 3 is 3.00 bits per heavy atom. The Hall–Kier alpha value is -0.980. The van der Waals surface area contributed by atoms with Crippen molar-refractivity contribution in [2.75, 3.05) is 13.7 Å². The number of ether oxygens (including phenoxy) is 1. The van der Waals surface area contributed by atoms with Gasteiger partial charge in [0.25, 0.3) is 5.91 Å². The number of aliphatic hydroxyl groups is 1. The summed E-state index contributed by atoms with van der Waals surface area (Å²) in [6, 6.07) is 0. The lowest BCUT2D eigenvalue weighted by Crippen LogP contribution is -2.35. The Kier molecular flexibility index (Phi) is 6.24. The number of carbonyl (C=O) groups is 1. The molecule has 0 aliphatic heterocycles. The first kappa shape index (κ1) is 15.1. The molecule has 0 radical (unpaired) electrons. The molecular weight excluding hydrogens is 252 g/mol. The molecule has 2 unspecified atom stereocenters. The van der Waals surface area contributed by atoms with Crippen molar-refractivity contribution in [1.29, 1.82) is 0 Å². The van der Waals surface area contributed by atoms with Crippen molar-refractivity contribution in [3.8, 4) is 0 Å². The molecule has 0 fully saturated rings. The molecule has 0 aromatic carbocycles. The van der Waals surface area contributed by atoms with E-state index in [-0.39, 0.29) is 18.4 Å². The van der Waals surface area contributed by atoms with Crippen molar-refractivity contribution in [2.24, 2.45) is 5.92 Å². The van der Waals surface area contributed by atoms with E-state index in [0.717, 1.165) is 11.4 Å². The van der Waals surface area contributed by atoms with Gasteiger partial charge in [-0.1, -0.05) is 20.3 Å². The lowest BCUT2D eigenvalue weighted by atomic mass is 10.0. The first-order chi connectivity index (χ1) is 8.58. The molecule has 0 aliphatic carbocycles. The van der Waals surface area contributed by atoms with Crippen LogP contribution in [0.3, 0.4) is 0 Å². The van der Waals surface area contributed by atoms with Crippen LogP contribution in [0.1, 0.15) is 35.8 Å². The number of thiazole rings is 1. The summed E-state index contributed by atoms with van der Waals surface area (Å²) in [5, 5.41) is 14.9. The molecule has 102 valence electrons. The molecule has 18 heavy (non-hydrogen) atoms. The fraction of sp³-hybridized carbons (Fsp3) is 0.667. The predicted molar refractivity (Wildman–Crippen MR) is 70.6 cm³/mol. The Labute approximate surface area is 111 Å². The smallest absolute Gasteiger partial charge is 0.270 e. The van der Waals surface area contributed by atoms with Crippen molar-refractivity contribution < 1.29 is 14.6 Å². The highest BCUT2D eigenvalue weighted by Crippen LogP contribution is 2.11. The van der Waals surface area contributed by atoms with Crippen LogP contribution >= 0.6 is 11.3 Å². The van der Waals surface area contributed by atoms with Gasteiger partial charge in [0.1, 0.15) is 10.7 Å². The zero-order valence-electron chi connectivity index (χ0n) is 11.0. The number of hydrogen-bond acceptors (Lipinski definition) is 5. The van der Waals surface area contributed by atoms with E-state index in [4.69, 9.17) is 4.74 Å². The van der Waals surface area contributed by atoms with Gasteiger partial charge in [-0.3, -0.25) is 4.79 Å². The minimum absolute atomic E-state index is 0.171. The van der Waals surface area contributed by atoms with E-state index in [0.29, 0.717) is 12.3 Å². The molecule has 6 heteroatoms. The number of rotatable bonds is 7. The average Bonchev–Trinajstić information content (AvgIpc) is 2.83. The quantitative estimate of drug-likeness (QED) is 0.787. The molecule has 1 rings (SSSR count). The second-order valence-electron chi connectivity index (χ2n) is 4.22. The van der Waals surface area contributed by atoms with E-state index in [1.807, 2.05) is 13.8 Å². The number of methoxy groups -OCH3 is 1. The van der Waals surface area contributed by atoms with Gasteiger partial charge in [0.2, 0.25) is 0 Å². The topological polar surface area (TPSA) is 71.5 Å². The number of nitrogens with one attached hydrogen (secondary N) is 1. The van der Waals surface area contributed by atoms with Gasteiger partial charge in [-0.15, -0.1) is 11.3 Å². The van der Waals surface area contributed by atoms with Gasteiger partial charge >= 0.3 is 0 Å². The summed E-state index contributed by atoms with van der Waals surface area (Å²) < 4.78 is 4.94. The van der Waals surface area contributed by atoms with Crippen LogP contribution in [0.5, 0.6) is 0 Å². The first-order valence-corrected chi connectivity index (χ1v) is 6.86. The number of aliphatic hydroxyl groups excluding tert-OH is 1. The summed E-state index contributed by atoms with van der Waals surface area (Å²) in [5.74, 6) is -0.0826. The molecule has 1 heterocycles. The van der Waals surface area contributed by atoms with Crippen LogP contribution in [0, 0.1) is 5.92 Å². The Morgan fingerprint density at radius 2 is 2.39 bits per heavy atom. The van der Waals surface area contributed by atoms with Crippen molar-refractivity contribution in [3.05, 3.63) is 16.1 Å². The van der Waals surface area contributed by atoms with Gasteiger partial charge in [-0.25, -0.2) is 4.98 Å². The number of hydrogen-bond donors (Lipinski definition) is 2. The Bertz CT molecular complexity index is 381. The van der Waals surface area contributed by atoms with Crippen LogP contribution in [0.15, 0.2) is 5.38 Å². The summed E-state index contributed by atoms with van der Waals surface area (Å²) >= 11 is 1.39. The lowest BCUT2D eigenvalue weighted by molar-refractivity contribution is 0.0846. The van der Waals surface area contributed by atoms with E-state index in [2.05, 4.69) is 10.3 Å². The molecule has 0 saturated carbocycles. The van der Waals surface area contributed by atoms with Gasteiger partial charge < -0.3 is 15.2 Å². The molecule has 0 bridgehead atoms. The summed E-state index contributed by atoms with van der Waals surface area (Å²) in [7, 11) is 1.59. The zero-order chi connectivity index (χ0) is 13.5. The van der Waals surface area contributed by atoms with Gasteiger partial charge in [-0.2, -0.15) is 0 Å². The molecule has 0 spiro atoms. The highest BCUT2D eigenvalue weighted by Gasteiger charge is 2.15. The van der Waals surface area contributed by atoms with E-state index >= 15 is 0 Å². The molecule has 1 amide bonds. The van der Waals surface area contributed by atoms with Crippen LogP contribution in [0.2, 0.25) is 0 Å². The van der Waals surface area contributed by atoms with E-state index in [1.54, 1.807) is 12.5 Å². The monoisotopic (exact) mass is 272 g/mol. The third kappa shape index (κ3) is 4.36. The summed E-state index contributed by atoms with van der Waals surface area (Å²) in [4.78, 5) is 15.9. The number of aromatic nitrogens is 1. The van der Waals surface area contributed by atoms with E-state index < -0.39 is 6.10 Å². The minimum atomic E-state index is -0.518. The van der Waals surface area contributed by atoms with Gasteiger partial charge in [-0.05, 0) is 5.92 Å². The van der Waals surface area contributed by atoms with Crippen molar-refractivity contribution in [3.63, 3.8) is 0 Å². The van der Waals surface area contributed by atoms with E-state index in [9.17, 15) is 9.90 Å². The number of amides is 1. The van der Waals surface area contributed by atoms with E-state index in [1.165, 1.54) is 11.3 Å². The molecule has 1 aromatic heterocycles. The molecular formula is C12H20N2O3S. The Balaban J connectivity index is 2.44. The maximum Gasteiger partial charge on any atom is 0.270 e. The fourth-order valence-electron chi connectivity index (χ4n) is 1.37. The van der Waals surface area contributed by atoms with Gasteiger partial charge in [0.05, 0.1) is 12.7 Å². The SMILES string of the molecule is CCC(C)C(O)CNC(=O)c1csc(COC)n1. The molecule has 0 saturated heterocycles. The van der Waals surface area contributed by atoms with Gasteiger partial charge in [0, 0.05) is 19.0 Å². The second kappa shape index (κ2) is 7.45.